The van der Waals surface area contributed by atoms with Crippen LogP contribution in [0.1, 0.15) is 90.5 Å². The summed E-state index contributed by atoms with van der Waals surface area (Å²) in [7, 11) is 0. The molecule has 0 unspecified atom stereocenters. The number of benzene rings is 2. The molecule has 0 heterocycles. The fourth-order valence-electron chi connectivity index (χ4n) is 10.3. The smallest absolute Gasteiger partial charge is 0.326 e. The van der Waals surface area contributed by atoms with Gasteiger partial charge in [-0.15, -0.1) is 0 Å². The van der Waals surface area contributed by atoms with Crippen LogP contribution in [-0.4, -0.2) is 34.2 Å². The Morgan fingerprint density at radius 1 is 1.00 bits per heavy atom. The molecule has 0 bridgehead atoms. The quantitative estimate of drug-likeness (QED) is 0.290. The second-order valence-corrected chi connectivity index (χ2v) is 14.7. The zero-order chi connectivity index (χ0) is 29.6. The molecule has 42 heavy (non-hydrogen) atoms. The molecular formula is C37H49NO4. The Balaban J connectivity index is 1.07. The SMILES string of the molecule is C[C@H](CCC(=O)N[C@@H](Cc1cccc2ccccc12)C(=O)O)[C@H]1CC[C@H]2[C@@H]3CC=C4C[C@@H](O)CC[C@]4(C)[C@H]3CC[C@]12C. The molecule has 3 saturated carbocycles. The van der Waals surface area contributed by atoms with E-state index in [1.807, 2.05) is 42.5 Å². The predicted molar refractivity (Wildman–Crippen MR) is 167 cm³/mol. The fourth-order valence-corrected chi connectivity index (χ4v) is 10.3. The lowest BCUT2D eigenvalue weighted by atomic mass is 9.47. The summed E-state index contributed by atoms with van der Waals surface area (Å²) < 4.78 is 0. The van der Waals surface area contributed by atoms with Gasteiger partial charge in [0.15, 0.2) is 0 Å². The molecule has 0 spiro atoms. The number of aliphatic carboxylic acids is 1. The first-order chi connectivity index (χ1) is 20.1. The standard InChI is InChI=1S/C37H49NO4/c1-23(11-16-34(40)38-33(35(41)42)21-25-9-6-8-24-7-4-5-10-28(24)25)30-14-15-31-29-13-12-26-22-27(39)17-19-36(26,2)32(29)18-20-37(30,31)3/h4-10,12,23,27,29-33,39H,11,13-22H2,1-3H3,(H,38,40)(H,41,42)/t23-,27+,29+,30-,31+,32+,33+,36+,37-/m1/s1. The van der Waals surface area contributed by atoms with Crippen molar-refractivity contribution in [2.24, 2.45) is 40.4 Å². The summed E-state index contributed by atoms with van der Waals surface area (Å²) in [6.45, 7) is 7.35. The van der Waals surface area contributed by atoms with Gasteiger partial charge in [-0.2, -0.15) is 0 Å². The van der Waals surface area contributed by atoms with Crippen LogP contribution in [0.2, 0.25) is 0 Å². The third-order valence-electron chi connectivity index (χ3n) is 12.6. The number of nitrogens with one attached hydrogen (secondary N) is 1. The van der Waals surface area contributed by atoms with Crippen LogP contribution in [0, 0.1) is 40.4 Å². The minimum Gasteiger partial charge on any atom is -0.480 e. The molecule has 6 rings (SSSR count). The van der Waals surface area contributed by atoms with E-state index in [4.69, 9.17) is 0 Å². The van der Waals surface area contributed by atoms with Crippen LogP contribution in [0.5, 0.6) is 0 Å². The van der Waals surface area contributed by atoms with Crippen LogP contribution in [0.3, 0.4) is 0 Å². The topological polar surface area (TPSA) is 86.6 Å². The van der Waals surface area contributed by atoms with Crippen LogP contribution < -0.4 is 5.32 Å². The summed E-state index contributed by atoms with van der Waals surface area (Å²) >= 11 is 0. The van der Waals surface area contributed by atoms with Gasteiger partial charge in [0.2, 0.25) is 5.91 Å². The van der Waals surface area contributed by atoms with E-state index in [0.29, 0.717) is 23.7 Å². The number of carboxylic acid groups (broad SMARTS) is 1. The lowest BCUT2D eigenvalue weighted by molar-refractivity contribution is -0.141. The lowest BCUT2D eigenvalue weighted by Gasteiger charge is -2.58. The summed E-state index contributed by atoms with van der Waals surface area (Å²) in [6.07, 6.45) is 12.9. The van der Waals surface area contributed by atoms with Crippen LogP contribution in [-0.2, 0) is 16.0 Å². The van der Waals surface area contributed by atoms with Crippen molar-refractivity contribution in [3.05, 3.63) is 59.7 Å². The molecule has 9 atom stereocenters. The van der Waals surface area contributed by atoms with Gasteiger partial charge in [0, 0.05) is 12.8 Å². The van der Waals surface area contributed by atoms with E-state index < -0.39 is 12.0 Å². The Kier molecular flexibility index (Phi) is 8.02. The van der Waals surface area contributed by atoms with Gasteiger partial charge in [-0.3, -0.25) is 4.79 Å². The number of amides is 1. The van der Waals surface area contributed by atoms with Crippen molar-refractivity contribution in [3.63, 3.8) is 0 Å². The molecule has 2 aromatic rings. The Bertz CT molecular complexity index is 1360. The fraction of sp³-hybridized carbons (Fsp3) is 0.622. The highest BCUT2D eigenvalue weighted by Crippen LogP contribution is 2.67. The third kappa shape index (κ3) is 5.20. The number of hydrogen-bond donors (Lipinski definition) is 3. The summed E-state index contributed by atoms with van der Waals surface area (Å²) in [5.41, 5.74) is 3.04. The van der Waals surface area contributed by atoms with E-state index in [1.165, 1.54) is 37.7 Å². The summed E-state index contributed by atoms with van der Waals surface area (Å²) in [4.78, 5) is 25.2. The first-order valence-electron chi connectivity index (χ1n) is 16.5. The average molecular weight is 572 g/mol. The average Bonchev–Trinajstić information content (AvgIpc) is 3.33. The molecule has 3 fully saturated rings. The van der Waals surface area contributed by atoms with Crippen molar-refractivity contribution in [2.75, 3.05) is 0 Å². The summed E-state index contributed by atoms with van der Waals surface area (Å²) in [6, 6.07) is 13.0. The van der Waals surface area contributed by atoms with Gasteiger partial charge in [0.1, 0.15) is 6.04 Å². The monoisotopic (exact) mass is 571 g/mol. The Morgan fingerprint density at radius 3 is 2.60 bits per heavy atom. The highest BCUT2D eigenvalue weighted by atomic mass is 16.4. The van der Waals surface area contributed by atoms with Crippen molar-refractivity contribution >= 4 is 22.6 Å². The molecule has 1 amide bonds. The van der Waals surface area contributed by atoms with E-state index in [-0.39, 0.29) is 23.8 Å². The highest BCUT2D eigenvalue weighted by Gasteiger charge is 2.59. The van der Waals surface area contributed by atoms with Gasteiger partial charge in [0.25, 0.3) is 0 Å². The van der Waals surface area contributed by atoms with Gasteiger partial charge >= 0.3 is 5.97 Å². The van der Waals surface area contributed by atoms with Crippen molar-refractivity contribution in [1.29, 1.82) is 0 Å². The Morgan fingerprint density at radius 2 is 1.79 bits per heavy atom. The number of carbonyl (C=O) groups excluding carboxylic acids is 1. The van der Waals surface area contributed by atoms with E-state index in [2.05, 4.69) is 32.2 Å². The van der Waals surface area contributed by atoms with Crippen LogP contribution in [0.4, 0.5) is 0 Å². The van der Waals surface area contributed by atoms with E-state index >= 15 is 0 Å². The Labute approximate surface area is 251 Å². The van der Waals surface area contributed by atoms with Crippen molar-refractivity contribution < 1.29 is 19.8 Å². The van der Waals surface area contributed by atoms with E-state index in [1.54, 1.807) is 0 Å². The number of carbonyl (C=O) groups is 2. The van der Waals surface area contributed by atoms with Crippen LogP contribution >= 0.6 is 0 Å². The number of fused-ring (bicyclic) bond motifs is 6. The van der Waals surface area contributed by atoms with Gasteiger partial charge < -0.3 is 15.5 Å². The molecule has 4 aliphatic carbocycles. The second-order valence-electron chi connectivity index (χ2n) is 14.7. The number of aliphatic hydroxyl groups excluding tert-OH is 1. The zero-order valence-electron chi connectivity index (χ0n) is 25.6. The lowest BCUT2D eigenvalue weighted by Crippen LogP contribution is -2.50. The van der Waals surface area contributed by atoms with E-state index in [9.17, 15) is 19.8 Å². The molecular weight excluding hydrogens is 522 g/mol. The first-order valence-corrected chi connectivity index (χ1v) is 16.5. The van der Waals surface area contributed by atoms with E-state index in [0.717, 1.165) is 59.8 Å². The van der Waals surface area contributed by atoms with Crippen molar-refractivity contribution in [3.8, 4) is 0 Å². The molecule has 0 radical (unpaired) electrons. The molecule has 3 N–H and O–H groups in total. The number of rotatable bonds is 8. The van der Waals surface area contributed by atoms with Crippen molar-refractivity contribution in [1.82, 2.24) is 5.32 Å². The number of aliphatic hydroxyl groups is 1. The minimum absolute atomic E-state index is 0.157. The first kappa shape index (κ1) is 29.4. The van der Waals surface area contributed by atoms with Gasteiger partial charge in [0.05, 0.1) is 6.10 Å². The maximum Gasteiger partial charge on any atom is 0.326 e. The molecule has 0 saturated heterocycles. The molecule has 0 aromatic heterocycles. The zero-order valence-corrected chi connectivity index (χ0v) is 25.6. The molecule has 2 aromatic carbocycles. The van der Waals surface area contributed by atoms with Gasteiger partial charge in [-0.1, -0.05) is 74.9 Å². The maximum absolute atomic E-state index is 13.1. The Hall–Kier alpha value is -2.66. The number of hydrogen-bond acceptors (Lipinski definition) is 3. The van der Waals surface area contributed by atoms with Gasteiger partial charge in [-0.25, -0.2) is 4.79 Å². The van der Waals surface area contributed by atoms with Gasteiger partial charge in [-0.05, 0) is 115 Å². The van der Waals surface area contributed by atoms with Crippen LogP contribution in [0.15, 0.2) is 54.1 Å². The molecule has 5 heteroatoms. The molecule has 4 aliphatic rings. The summed E-state index contributed by atoms with van der Waals surface area (Å²) in [5.74, 6) is 2.09. The second kappa shape index (κ2) is 11.4. The van der Waals surface area contributed by atoms with Crippen LogP contribution in [0.25, 0.3) is 10.8 Å². The minimum atomic E-state index is -0.988. The largest absolute Gasteiger partial charge is 0.480 e. The highest BCUT2D eigenvalue weighted by molar-refractivity contribution is 5.88. The molecule has 226 valence electrons. The maximum atomic E-state index is 13.1. The summed E-state index contributed by atoms with van der Waals surface area (Å²) in [5, 5.41) is 25.2. The molecule has 0 aliphatic heterocycles. The van der Waals surface area contributed by atoms with Crippen molar-refractivity contribution in [2.45, 2.75) is 104 Å². The number of carboxylic acids is 1. The normalized spacial score (nSPS) is 35.3. The number of allylic oxidation sites excluding steroid dienone is 1. The third-order valence-corrected chi connectivity index (χ3v) is 12.6. The predicted octanol–water partition coefficient (Wildman–Crippen LogP) is 7.31. The molecule has 5 nitrogen and oxygen atoms in total.